The van der Waals surface area contributed by atoms with E-state index < -0.39 is 0 Å². The second-order valence-electron chi connectivity index (χ2n) is 5.02. The zero-order valence-electron chi connectivity index (χ0n) is 11.3. The monoisotopic (exact) mass is 235 g/mol. The van der Waals surface area contributed by atoms with Crippen molar-refractivity contribution in [1.29, 1.82) is 0 Å². The van der Waals surface area contributed by atoms with Crippen LogP contribution < -0.4 is 17.7 Å². The van der Waals surface area contributed by atoms with Crippen LogP contribution >= 0.6 is 0 Å². The highest BCUT2D eigenvalue weighted by atomic mass is 35.5. The lowest BCUT2D eigenvalue weighted by molar-refractivity contribution is -0.754. The van der Waals surface area contributed by atoms with Gasteiger partial charge in [0, 0.05) is 19.3 Å². The van der Waals surface area contributed by atoms with E-state index in [0.717, 1.165) is 6.04 Å². The van der Waals surface area contributed by atoms with Gasteiger partial charge in [0.05, 0.1) is 11.6 Å². The summed E-state index contributed by atoms with van der Waals surface area (Å²) in [5.74, 6) is 0. The molecule has 0 heterocycles. The van der Waals surface area contributed by atoms with Gasteiger partial charge < -0.3 is 17.7 Å². The van der Waals surface area contributed by atoms with Crippen LogP contribution in [0.25, 0.3) is 0 Å². The normalized spacial score (nSPS) is 11.6. The van der Waals surface area contributed by atoms with E-state index in [-0.39, 0.29) is 12.4 Å². The molecule has 0 aromatic heterocycles. The van der Waals surface area contributed by atoms with Crippen LogP contribution in [-0.4, -0.2) is 11.6 Å². The quantitative estimate of drug-likeness (QED) is 0.615. The summed E-state index contributed by atoms with van der Waals surface area (Å²) in [5, 5.41) is 2.61. The molecule has 0 rings (SSSR count). The van der Waals surface area contributed by atoms with Gasteiger partial charge in [-0.2, -0.15) is 0 Å². The number of quaternary nitrogens is 1. The summed E-state index contributed by atoms with van der Waals surface area (Å²) in [6.45, 7) is 11.6. The lowest BCUT2D eigenvalue weighted by Gasteiger charge is -2.33. The minimum absolute atomic E-state index is 0. The van der Waals surface area contributed by atoms with Gasteiger partial charge in [0.1, 0.15) is 0 Å². The summed E-state index contributed by atoms with van der Waals surface area (Å²) in [4.78, 5) is 0. The van der Waals surface area contributed by atoms with Crippen LogP contribution in [0, 0.1) is 0 Å². The highest BCUT2D eigenvalue weighted by Crippen LogP contribution is 2.21. The van der Waals surface area contributed by atoms with E-state index in [0.29, 0.717) is 5.54 Å². The van der Waals surface area contributed by atoms with Crippen LogP contribution in [0.1, 0.15) is 73.1 Å². The first-order valence-corrected chi connectivity index (χ1v) is 6.46. The van der Waals surface area contributed by atoms with Crippen LogP contribution in [0.2, 0.25) is 0 Å². The standard InChI is InChI=1S/C13H29N.ClH/c1-6-9-13(10-7-2,11-8-3)14-12(4)5;/h12,14H,6-11H2,1-5H3;1H. The van der Waals surface area contributed by atoms with Gasteiger partial charge >= 0.3 is 0 Å². The molecule has 1 nitrogen and oxygen atoms in total. The molecular formula is C13H30ClN. The highest BCUT2D eigenvalue weighted by molar-refractivity contribution is 4.76. The molecule has 0 amide bonds. The Kier molecular flexibility index (Phi) is 11.1. The minimum atomic E-state index is 0. The van der Waals surface area contributed by atoms with Crippen molar-refractivity contribution in [2.75, 3.05) is 0 Å². The largest absolute Gasteiger partial charge is 1.00 e. The third kappa shape index (κ3) is 7.19. The first-order chi connectivity index (χ1) is 6.60. The summed E-state index contributed by atoms with van der Waals surface area (Å²) < 4.78 is 0. The van der Waals surface area contributed by atoms with Crippen LogP contribution in [0.5, 0.6) is 0 Å². The maximum absolute atomic E-state index is 2.61. The Morgan fingerprint density at radius 3 is 1.40 bits per heavy atom. The molecule has 0 aliphatic rings. The number of hydrogen-bond donors (Lipinski definition) is 1. The molecule has 2 heteroatoms. The van der Waals surface area contributed by atoms with Crippen molar-refractivity contribution in [1.82, 2.24) is 0 Å². The number of hydrogen-bond acceptors (Lipinski definition) is 0. The first-order valence-electron chi connectivity index (χ1n) is 6.46. The Bertz CT molecular complexity index is 117. The molecule has 0 bridgehead atoms. The Labute approximate surface area is 103 Å². The van der Waals surface area contributed by atoms with Crippen LogP contribution in [0.15, 0.2) is 0 Å². The average Bonchev–Trinajstić information content (AvgIpc) is 2.03. The molecule has 0 aromatic rings. The summed E-state index contributed by atoms with van der Waals surface area (Å²) >= 11 is 0. The Morgan fingerprint density at radius 1 is 0.867 bits per heavy atom. The van der Waals surface area contributed by atoms with E-state index in [9.17, 15) is 0 Å². The molecular weight excluding hydrogens is 206 g/mol. The molecule has 0 saturated heterocycles. The highest BCUT2D eigenvalue weighted by Gasteiger charge is 2.31. The molecule has 0 aliphatic heterocycles. The third-order valence-corrected chi connectivity index (χ3v) is 2.93. The molecule has 0 aromatic carbocycles. The second kappa shape index (κ2) is 9.47. The summed E-state index contributed by atoms with van der Waals surface area (Å²) in [6.07, 6.45) is 8.11. The second-order valence-corrected chi connectivity index (χ2v) is 5.02. The zero-order valence-corrected chi connectivity index (χ0v) is 12.0. The number of rotatable bonds is 8. The smallest absolute Gasteiger partial charge is 0.0962 e. The summed E-state index contributed by atoms with van der Waals surface area (Å²) in [6, 6.07) is 0.736. The predicted octanol–water partition coefficient (Wildman–Crippen LogP) is 0.101. The van der Waals surface area contributed by atoms with Gasteiger partial charge in [0.15, 0.2) is 0 Å². The van der Waals surface area contributed by atoms with E-state index in [1.807, 2.05) is 0 Å². The Hall–Kier alpha value is 0.250. The molecule has 0 spiro atoms. The molecule has 15 heavy (non-hydrogen) atoms. The molecule has 0 radical (unpaired) electrons. The van der Waals surface area contributed by atoms with Gasteiger partial charge in [-0.05, 0) is 13.8 Å². The van der Waals surface area contributed by atoms with E-state index in [1.165, 1.54) is 38.5 Å². The van der Waals surface area contributed by atoms with Gasteiger partial charge in [-0.3, -0.25) is 0 Å². The van der Waals surface area contributed by atoms with Crippen molar-refractivity contribution in [3.05, 3.63) is 0 Å². The topological polar surface area (TPSA) is 16.6 Å². The van der Waals surface area contributed by atoms with Gasteiger partial charge in [-0.25, -0.2) is 0 Å². The Morgan fingerprint density at radius 2 is 1.20 bits per heavy atom. The van der Waals surface area contributed by atoms with Gasteiger partial charge in [-0.1, -0.05) is 40.0 Å². The number of halogens is 1. The fourth-order valence-electron chi connectivity index (χ4n) is 2.83. The van der Waals surface area contributed by atoms with E-state index in [2.05, 4.69) is 39.9 Å². The molecule has 0 atom stereocenters. The SMILES string of the molecule is CCCC(CCC)(CCC)[NH2+]C(C)C.[Cl-]. The fourth-order valence-corrected chi connectivity index (χ4v) is 2.83. The predicted molar refractivity (Wildman–Crippen MR) is 64.5 cm³/mol. The van der Waals surface area contributed by atoms with E-state index in [4.69, 9.17) is 0 Å². The minimum Gasteiger partial charge on any atom is -1.00 e. The van der Waals surface area contributed by atoms with E-state index >= 15 is 0 Å². The number of nitrogens with two attached hydrogens (primary N) is 1. The average molecular weight is 236 g/mol. The van der Waals surface area contributed by atoms with E-state index in [1.54, 1.807) is 0 Å². The van der Waals surface area contributed by atoms with Crippen LogP contribution in [0.4, 0.5) is 0 Å². The van der Waals surface area contributed by atoms with Crippen molar-refractivity contribution >= 4 is 0 Å². The van der Waals surface area contributed by atoms with Crippen molar-refractivity contribution in [2.45, 2.75) is 84.7 Å². The first kappa shape index (κ1) is 17.6. The molecule has 0 aliphatic carbocycles. The van der Waals surface area contributed by atoms with Gasteiger partial charge in [-0.15, -0.1) is 0 Å². The maximum Gasteiger partial charge on any atom is 0.0962 e. The van der Waals surface area contributed by atoms with Crippen molar-refractivity contribution in [3.8, 4) is 0 Å². The third-order valence-electron chi connectivity index (χ3n) is 2.93. The maximum atomic E-state index is 2.61. The summed E-state index contributed by atoms with van der Waals surface area (Å²) in [7, 11) is 0. The fraction of sp³-hybridized carbons (Fsp3) is 1.00. The summed E-state index contributed by atoms with van der Waals surface area (Å²) in [5.41, 5.74) is 0.548. The van der Waals surface area contributed by atoms with Gasteiger partial charge in [0.2, 0.25) is 0 Å². The molecule has 2 N–H and O–H groups in total. The lowest BCUT2D eigenvalue weighted by Crippen LogP contribution is -3.00. The zero-order chi connectivity index (χ0) is 11.0. The van der Waals surface area contributed by atoms with Crippen LogP contribution in [-0.2, 0) is 0 Å². The molecule has 0 unspecified atom stereocenters. The molecule has 0 fully saturated rings. The van der Waals surface area contributed by atoms with Crippen LogP contribution in [0.3, 0.4) is 0 Å². The Balaban J connectivity index is 0. The molecule has 94 valence electrons. The van der Waals surface area contributed by atoms with Gasteiger partial charge in [0.25, 0.3) is 0 Å². The molecule has 0 saturated carbocycles. The van der Waals surface area contributed by atoms with Crippen molar-refractivity contribution in [2.24, 2.45) is 0 Å². The van der Waals surface area contributed by atoms with Crippen molar-refractivity contribution < 1.29 is 17.7 Å². The lowest BCUT2D eigenvalue weighted by atomic mass is 9.84. The van der Waals surface area contributed by atoms with Crippen molar-refractivity contribution in [3.63, 3.8) is 0 Å².